The molecule has 1 saturated heterocycles. The van der Waals surface area contributed by atoms with Crippen molar-refractivity contribution < 1.29 is 14.1 Å². The van der Waals surface area contributed by atoms with Crippen molar-refractivity contribution in [3.05, 3.63) is 59.9 Å². The van der Waals surface area contributed by atoms with Gasteiger partial charge in [0.2, 0.25) is 0 Å². The summed E-state index contributed by atoms with van der Waals surface area (Å²) in [4.78, 5) is 21.2. The Morgan fingerprint density at radius 1 is 1.00 bits per heavy atom. The number of benzene rings is 2. The SMILES string of the molecule is COc1ccc(N2CCN(C(=O)c3ccc(-c4nc(C)no4)cc3)CC2)cc1. The highest BCUT2D eigenvalue weighted by Crippen LogP contribution is 2.22. The number of ether oxygens (including phenoxy) is 1. The van der Waals surface area contributed by atoms with Crippen LogP contribution in [0.5, 0.6) is 5.75 Å². The molecule has 7 heteroatoms. The van der Waals surface area contributed by atoms with Gasteiger partial charge < -0.3 is 19.1 Å². The molecule has 0 saturated carbocycles. The first-order valence-corrected chi connectivity index (χ1v) is 9.23. The van der Waals surface area contributed by atoms with Crippen LogP contribution in [0.2, 0.25) is 0 Å². The highest BCUT2D eigenvalue weighted by Gasteiger charge is 2.22. The number of carbonyl (C=O) groups excluding carboxylic acids is 1. The van der Waals surface area contributed by atoms with Crippen LogP contribution in [0.4, 0.5) is 5.69 Å². The van der Waals surface area contributed by atoms with Gasteiger partial charge in [0.1, 0.15) is 5.75 Å². The fourth-order valence-corrected chi connectivity index (χ4v) is 3.31. The summed E-state index contributed by atoms with van der Waals surface area (Å²) in [5.41, 5.74) is 2.62. The van der Waals surface area contributed by atoms with Gasteiger partial charge in [-0.2, -0.15) is 4.98 Å². The fraction of sp³-hybridized carbons (Fsp3) is 0.286. The van der Waals surface area contributed by atoms with Gasteiger partial charge in [-0.3, -0.25) is 4.79 Å². The van der Waals surface area contributed by atoms with Gasteiger partial charge >= 0.3 is 0 Å². The highest BCUT2D eigenvalue weighted by molar-refractivity contribution is 5.94. The molecule has 1 aliphatic rings. The number of methoxy groups -OCH3 is 1. The van der Waals surface area contributed by atoms with Gasteiger partial charge in [-0.15, -0.1) is 0 Å². The van der Waals surface area contributed by atoms with Gasteiger partial charge in [0.15, 0.2) is 5.82 Å². The minimum Gasteiger partial charge on any atom is -0.497 e. The number of amides is 1. The molecule has 0 radical (unpaired) electrons. The summed E-state index contributed by atoms with van der Waals surface area (Å²) in [5, 5.41) is 3.79. The molecule has 2 aromatic carbocycles. The predicted octanol–water partition coefficient (Wildman–Crippen LogP) is 3.02. The number of aryl methyl sites for hydroxylation is 1. The second-order valence-electron chi connectivity index (χ2n) is 6.70. The standard InChI is InChI=1S/C21H22N4O3/c1-15-22-20(28-23-15)16-3-5-17(6-4-16)21(26)25-13-11-24(12-14-25)18-7-9-19(27-2)10-8-18/h3-10H,11-14H2,1-2H3. The number of hydrogen-bond donors (Lipinski definition) is 0. The molecular formula is C21H22N4O3. The maximum absolute atomic E-state index is 12.8. The molecule has 1 amide bonds. The quantitative estimate of drug-likeness (QED) is 0.695. The van der Waals surface area contributed by atoms with E-state index in [2.05, 4.69) is 15.0 Å². The normalized spacial score (nSPS) is 14.2. The maximum Gasteiger partial charge on any atom is 0.257 e. The molecule has 2 heterocycles. The molecule has 0 unspecified atom stereocenters. The van der Waals surface area contributed by atoms with Crippen LogP contribution < -0.4 is 9.64 Å². The molecule has 3 aromatic rings. The Labute approximate surface area is 163 Å². The number of rotatable bonds is 4. The second-order valence-corrected chi connectivity index (χ2v) is 6.70. The minimum absolute atomic E-state index is 0.0441. The number of anilines is 1. The lowest BCUT2D eigenvalue weighted by Crippen LogP contribution is -2.48. The van der Waals surface area contributed by atoms with E-state index in [-0.39, 0.29) is 5.91 Å². The fourth-order valence-electron chi connectivity index (χ4n) is 3.31. The van der Waals surface area contributed by atoms with Crippen LogP contribution in [-0.4, -0.2) is 54.2 Å². The molecule has 0 N–H and O–H groups in total. The zero-order chi connectivity index (χ0) is 19.5. The highest BCUT2D eigenvalue weighted by atomic mass is 16.5. The summed E-state index contributed by atoms with van der Waals surface area (Å²) in [5.74, 6) is 1.94. The molecule has 1 aromatic heterocycles. The van der Waals surface area contributed by atoms with Crippen molar-refractivity contribution in [3.63, 3.8) is 0 Å². The average molecular weight is 378 g/mol. The molecule has 1 aliphatic heterocycles. The molecule has 4 rings (SSSR count). The van der Waals surface area contributed by atoms with Gasteiger partial charge in [0, 0.05) is 43.0 Å². The number of nitrogens with zero attached hydrogens (tertiary/aromatic N) is 4. The van der Waals surface area contributed by atoms with Crippen LogP contribution in [0.15, 0.2) is 53.1 Å². The average Bonchev–Trinajstić information content (AvgIpc) is 3.20. The van der Waals surface area contributed by atoms with Crippen molar-refractivity contribution >= 4 is 11.6 Å². The Morgan fingerprint density at radius 2 is 1.68 bits per heavy atom. The predicted molar refractivity (Wildman–Crippen MR) is 106 cm³/mol. The molecule has 0 spiro atoms. The van der Waals surface area contributed by atoms with E-state index in [9.17, 15) is 4.79 Å². The lowest BCUT2D eigenvalue weighted by atomic mass is 10.1. The van der Waals surface area contributed by atoms with E-state index in [0.717, 1.165) is 30.1 Å². The van der Waals surface area contributed by atoms with Gasteiger partial charge in [-0.05, 0) is 55.5 Å². The number of carbonyl (C=O) groups is 1. The molecule has 0 aliphatic carbocycles. The molecule has 1 fully saturated rings. The van der Waals surface area contributed by atoms with Crippen molar-refractivity contribution in [3.8, 4) is 17.2 Å². The summed E-state index contributed by atoms with van der Waals surface area (Å²) >= 11 is 0. The monoisotopic (exact) mass is 378 g/mol. The molecule has 0 atom stereocenters. The third kappa shape index (κ3) is 3.69. The van der Waals surface area contributed by atoms with E-state index in [4.69, 9.17) is 9.26 Å². The third-order valence-electron chi connectivity index (χ3n) is 4.91. The topological polar surface area (TPSA) is 71.7 Å². The molecule has 0 bridgehead atoms. The van der Waals surface area contributed by atoms with Crippen LogP contribution in [0, 0.1) is 6.92 Å². The summed E-state index contributed by atoms with van der Waals surface area (Å²) in [6, 6.07) is 15.3. The van der Waals surface area contributed by atoms with Crippen molar-refractivity contribution in [2.45, 2.75) is 6.92 Å². The Balaban J connectivity index is 1.38. The van der Waals surface area contributed by atoms with E-state index in [1.54, 1.807) is 14.0 Å². The second kappa shape index (κ2) is 7.72. The number of hydrogen-bond acceptors (Lipinski definition) is 6. The van der Waals surface area contributed by atoms with Gasteiger partial charge in [0.25, 0.3) is 11.8 Å². The van der Waals surface area contributed by atoms with Crippen LogP contribution in [0.3, 0.4) is 0 Å². The van der Waals surface area contributed by atoms with Crippen molar-refractivity contribution in [1.29, 1.82) is 0 Å². The Hall–Kier alpha value is -3.35. The van der Waals surface area contributed by atoms with Crippen LogP contribution >= 0.6 is 0 Å². The van der Waals surface area contributed by atoms with Crippen molar-refractivity contribution in [2.24, 2.45) is 0 Å². The number of piperazine rings is 1. The van der Waals surface area contributed by atoms with Gasteiger partial charge in [-0.25, -0.2) is 0 Å². The molecule has 7 nitrogen and oxygen atoms in total. The molecule has 144 valence electrons. The Bertz CT molecular complexity index is 943. The number of aromatic nitrogens is 2. The first-order valence-electron chi connectivity index (χ1n) is 9.23. The van der Waals surface area contributed by atoms with E-state index in [0.29, 0.717) is 30.4 Å². The minimum atomic E-state index is 0.0441. The first-order chi connectivity index (χ1) is 13.6. The van der Waals surface area contributed by atoms with Crippen molar-refractivity contribution in [1.82, 2.24) is 15.0 Å². The third-order valence-corrected chi connectivity index (χ3v) is 4.91. The summed E-state index contributed by atoms with van der Waals surface area (Å²) in [6.07, 6.45) is 0. The van der Waals surface area contributed by atoms with Crippen LogP contribution in [-0.2, 0) is 0 Å². The zero-order valence-electron chi connectivity index (χ0n) is 16.0. The Kier molecular flexibility index (Phi) is 4.97. The Morgan fingerprint density at radius 3 is 2.25 bits per heavy atom. The van der Waals surface area contributed by atoms with E-state index in [1.165, 1.54) is 0 Å². The summed E-state index contributed by atoms with van der Waals surface area (Å²) < 4.78 is 10.4. The lowest BCUT2D eigenvalue weighted by molar-refractivity contribution is 0.0747. The molecule has 28 heavy (non-hydrogen) atoms. The van der Waals surface area contributed by atoms with Gasteiger partial charge in [-0.1, -0.05) is 5.16 Å². The van der Waals surface area contributed by atoms with Crippen LogP contribution in [0.25, 0.3) is 11.5 Å². The largest absolute Gasteiger partial charge is 0.497 e. The summed E-state index contributed by atoms with van der Waals surface area (Å²) in [7, 11) is 1.66. The van der Waals surface area contributed by atoms with E-state index >= 15 is 0 Å². The van der Waals surface area contributed by atoms with Crippen LogP contribution in [0.1, 0.15) is 16.2 Å². The lowest BCUT2D eigenvalue weighted by Gasteiger charge is -2.36. The van der Waals surface area contributed by atoms with E-state index < -0.39 is 0 Å². The van der Waals surface area contributed by atoms with E-state index in [1.807, 2.05) is 53.4 Å². The molecular weight excluding hydrogens is 356 g/mol. The van der Waals surface area contributed by atoms with Gasteiger partial charge in [0.05, 0.1) is 7.11 Å². The zero-order valence-corrected chi connectivity index (χ0v) is 16.0. The van der Waals surface area contributed by atoms with Crippen molar-refractivity contribution in [2.75, 3.05) is 38.2 Å². The maximum atomic E-state index is 12.8. The first kappa shape index (κ1) is 18.0. The summed E-state index contributed by atoms with van der Waals surface area (Å²) in [6.45, 7) is 4.76. The smallest absolute Gasteiger partial charge is 0.257 e.